The van der Waals surface area contributed by atoms with Crippen molar-refractivity contribution in [1.82, 2.24) is 0 Å². The maximum atomic E-state index is 11.4. The molecule has 4 nitrogen and oxygen atoms in total. The molecule has 0 aromatic rings. The molecule has 4 N–H and O–H groups in total. The zero-order valence-electron chi connectivity index (χ0n) is 7.39. The van der Waals surface area contributed by atoms with E-state index >= 15 is 0 Å². The van der Waals surface area contributed by atoms with Gasteiger partial charge in [0, 0.05) is 19.2 Å². The Bertz CT molecular complexity index is 403. The van der Waals surface area contributed by atoms with E-state index in [4.69, 9.17) is 11.5 Å². The molecule has 0 aromatic carbocycles. The summed E-state index contributed by atoms with van der Waals surface area (Å²) < 4.78 is 0.762. The highest BCUT2D eigenvalue weighted by Crippen LogP contribution is 2.44. The smallest absolute Gasteiger partial charge is 0.245 e. The fourth-order valence-electron chi connectivity index (χ4n) is 1.13. The minimum absolute atomic E-state index is 0.269. The molecule has 0 bridgehead atoms. The van der Waals surface area contributed by atoms with Crippen LogP contribution in [0.25, 0.3) is 0 Å². The molecule has 0 aliphatic heterocycles. The molecule has 0 heterocycles. The average Bonchev–Trinajstić information content (AvgIpc) is 2.10. The molecular formula is C8H7I3N2O2. The van der Waals surface area contributed by atoms with Gasteiger partial charge in [-0.2, -0.15) is 0 Å². The van der Waals surface area contributed by atoms with E-state index in [1.54, 1.807) is 6.08 Å². The second-order valence-electron chi connectivity index (χ2n) is 3.03. The van der Waals surface area contributed by atoms with E-state index in [9.17, 15) is 9.59 Å². The first-order valence-electron chi connectivity index (χ1n) is 3.84. The molecule has 0 saturated heterocycles. The molecule has 7 heteroatoms. The van der Waals surface area contributed by atoms with Crippen molar-refractivity contribution in [3.8, 4) is 0 Å². The standard InChI is InChI=1S/C8H7I3N2O2/c9-4-1-5(10)8(11,7(13)15)2-3(4)6(12)14/h1H,2H2,(H2,12,14)(H2,13,15). The first kappa shape index (κ1) is 13.7. The van der Waals surface area contributed by atoms with Gasteiger partial charge < -0.3 is 11.5 Å². The molecule has 1 aliphatic rings. The summed E-state index contributed by atoms with van der Waals surface area (Å²) in [6.45, 7) is 0. The topological polar surface area (TPSA) is 86.2 Å². The molecule has 0 aromatic heterocycles. The Morgan fingerprint density at radius 2 is 1.87 bits per heavy atom. The van der Waals surface area contributed by atoms with Crippen molar-refractivity contribution in [3.05, 3.63) is 18.8 Å². The Labute approximate surface area is 128 Å². The zero-order chi connectivity index (χ0) is 11.8. The number of carbonyl (C=O) groups is 2. The lowest BCUT2D eigenvalue weighted by atomic mass is 9.93. The molecule has 1 rings (SSSR count). The van der Waals surface area contributed by atoms with Crippen molar-refractivity contribution >= 4 is 79.6 Å². The number of rotatable bonds is 2. The fourth-order valence-corrected chi connectivity index (χ4v) is 3.80. The molecule has 0 saturated carbocycles. The minimum Gasteiger partial charge on any atom is -0.368 e. The van der Waals surface area contributed by atoms with E-state index in [1.807, 2.05) is 45.2 Å². The highest BCUT2D eigenvalue weighted by atomic mass is 127. The number of alkyl halides is 1. The van der Waals surface area contributed by atoms with Crippen LogP contribution in [0.15, 0.2) is 18.8 Å². The van der Waals surface area contributed by atoms with Crippen LogP contribution in [0.2, 0.25) is 0 Å². The summed E-state index contributed by atoms with van der Waals surface area (Å²) in [5.74, 6) is -0.951. The molecule has 1 atom stereocenters. The van der Waals surface area contributed by atoms with Gasteiger partial charge in [-0.15, -0.1) is 0 Å². The Morgan fingerprint density at radius 3 is 2.27 bits per heavy atom. The van der Waals surface area contributed by atoms with Gasteiger partial charge in [0.15, 0.2) is 0 Å². The molecule has 82 valence electrons. The molecule has 0 spiro atoms. The van der Waals surface area contributed by atoms with Gasteiger partial charge in [0.2, 0.25) is 11.8 Å². The van der Waals surface area contributed by atoms with Crippen molar-refractivity contribution in [2.24, 2.45) is 11.5 Å². The second-order valence-corrected chi connectivity index (χ2v) is 7.19. The van der Waals surface area contributed by atoms with Gasteiger partial charge in [0.25, 0.3) is 0 Å². The Kier molecular flexibility index (Phi) is 4.43. The van der Waals surface area contributed by atoms with E-state index in [2.05, 4.69) is 22.6 Å². The van der Waals surface area contributed by atoms with Gasteiger partial charge in [-0.3, -0.25) is 9.59 Å². The van der Waals surface area contributed by atoms with E-state index in [0.717, 1.165) is 7.16 Å². The molecular weight excluding hydrogens is 537 g/mol. The number of halogens is 3. The third kappa shape index (κ3) is 2.65. The maximum Gasteiger partial charge on any atom is 0.245 e. The summed E-state index contributed by atoms with van der Waals surface area (Å²) in [6.07, 6.45) is 2.03. The Morgan fingerprint density at radius 1 is 1.33 bits per heavy atom. The maximum absolute atomic E-state index is 11.4. The SMILES string of the molecule is NC(=O)C1=C(I)C=C(I)C(I)(C(N)=O)C1. The summed E-state index contributed by atoms with van der Waals surface area (Å²) >= 11 is 6.06. The quantitative estimate of drug-likeness (QED) is 0.409. The monoisotopic (exact) mass is 544 g/mol. The molecule has 15 heavy (non-hydrogen) atoms. The van der Waals surface area contributed by atoms with E-state index in [0.29, 0.717) is 5.57 Å². The molecule has 1 unspecified atom stereocenters. The molecule has 0 radical (unpaired) electrons. The predicted octanol–water partition coefficient (Wildman–Crippen LogP) is 1.54. The van der Waals surface area contributed by atoms with Crippen LogP contribution in [-0.4, -0.2) is 15.2 Å². The van der Waals surface area contributed by atoms with Crippen LogP contribution in [-0.2, 0) is 9.59 Å². The summed E-state index contributed by atoms with van der Waals surface area (Å²) in [5, 5.41) is 0. The highest BCUT2D eigenvalue weighted by molar-refractivity contribution is 14.1. The van der Waals surface area contributed by atoms with Crippen LogP contribution in [0, 0.1) is 0 Å². The van der Waals surface area contributed by atoms with Gasteiger partial charge in [0.05, 0.1) is 0 Å². The predicted molar refractivity (Wildman–Crippen MR) is 82.9 cm³/mol. The Balaban J connectivity index is 3.23. The number of hydrogen-bond acceptors (Lipinski definition) is 2. The zero-order valence-corrected chi connectivity index (χ0v) is 13.9. The van der Waals surface area contributed by atoms with Gasteiger partial charge >= 0.3 is 0 Å². The highest BCUT2D eigenvalue weighted by Gasteiger charge is 2.41. The largest absolute Gasteiger partial charge is 0.368 e. The minimum atomic E-state index is -0.836. The van der Waals surface area contributed by atoms with Crippen LogP contribution in [0.3, 0.4) is 0 Å². The normalized spacial score (nSPS) is 26.2. The first-order valence-corrected chi connectivity index (χ1v) is 7.07. The van der Waals surface area contributed by atoms with Gasteiger partial charge in [-0.1, -0.05) is 22.6 Å². The van der Waals surface area contributed by atoms with Gasteiger partial charge in [0.1, 0.15) is 3.42 Å². The summed E-state index contributed by atoms with van der Waals surface area (Å²) in [7, 11) is 0. The number of allylic oxidation sites excluding steroid dienone is 2. The van der Waals surface area contributed by atoms with Crippen LogP contribution in [0.4, 0.5) is 0 Å². The number of nitrogens with two attached hydrogens (primary N) is 2. The molecule has 1 aliphatic carbocycles. The second kappa shape index (κ2) is 4.85. The van der Waals surface area contributed by atoms with Crippen molar-refractivity contribution < 1.29 is 9.59 Å². The van der Waals surface area contributed by atoms with Crippen LogP contribution < -0.4 is 11.5 Å². The van der Waals surface area contributed by atoms with Gasteiger partial charge in [-0.25, -0.2) is 0 Å². The fraction of sp³-hybridized carbons (Fsp3) is 0.250. The number of primary amides is 2. The van der Waals surface area contributed by atoms with Gasteiger partial charge in [-0.05, 0) is 51.3 Å². The number of carbonyl (C=O) groups excluding carboxylic acids is 2. The summed E-state index contributed by atoms with van der Waals surface area (Å²) in [6, 6.07) is 0. The average molecular weight is 544 g/mol. The summed E-state index contributed by atoms with van der Waals surface area (Å²) in [5.41, 5.74) is 11.0. The molecule has 0 fully saturated rings. The number of amides is 2. The van der Waals surface area contributed by atoms with Crippen molar-refractivity contribution in [3.63, 3.8) is 0 Å². The lowest BCUT2D eigenvalue weighted by Crippen LogP contribution is -2.41. The number of hydrogen-bond donors (Lipinski definition) is 2. The Hall–Kier alpha value is 0.610. The van der Waals surface area contributed by atoms with Crippen LogP contribution in [0.5, 0.6) is 0 Å². The summed E-state index contributed by atoms with van der Waals surface area (Å²) in [4.78, 5) is 22.5. The lowest BCUT2D eigenvalue weighted by molar-refractivity contribution is -0.118. The van der Waals surface area contributed by atoms with Crippen molar-refractivity contribution in [2.75, 3.05) is 0 Å². The third-order valence-electron chi connectivity index (χ3n) is 2.03. The third-order valence-corrected chi connectivity index (χ3v) is 6.75. The van der Waals surface area contributed by atoms with E-state index in [1.165, 1.54) is 0 Å². The lowest BCUT2D eigenvalue weighted by Gasteiger charge is -2.28. The van der Waals surface area contributed by atoms with Crippen molar-refractivity contribution in [2.45, 2.75) is 9.84 Å². The van der Waals surface area contributed by atoms with Crippen LogP contribution >= 0.6 is 67.8 Å². The first-order chi connectivity index (χ1) is 6.79. The van der Waals surface area contributed by atoms with Crippen molar-refractivity contribution in [1.29, 1.82) is 0 Å². The van der Waals surface area contributed by atoms with E-state index < -0.39 is 15.2 Å². The molecule has 2 amide bonds. The van der Waals surface area contributed by atoms with Crippen LogP contribution in [0.1, 0.15) is 6.42 Å². The van der Waals surface area contributed by atoms with E-state index in [-0.39, 0.29) is 6.42 Å².